The summed E-state index contributed by atoms with van der Waals surface area (Å²) in [5, 5.41) is 0. The number of hydrogen-bond donors (Lipinski definition) is 2. The van der Waals surface area contributed by atoms with Crippen molar-refractivity contribution in [1.29, 1.82) is 0 Å². The number of hydrogen-bond acceptors (Lipinski definition) is 4. The summed E-state index contributed by atoms with van der Waals surface area (Å²) < 4.78 is 6.80. The van der Waals surface area contributed by atoms with Crippen LogP contribution in [0.3, 0.4) is 0 Å². The highest BCUT2D eigenvalue weighted by molar-refractivity contribution is 14.1. The summed E-state index contributed by atoms with van der Waals surface area (Å²) in [7, 11) is 0. The fourth-order valence-corrected chi connectivity index (χ4v) is 0.753. The van der Waals surface area contributed by atoms with Crippen molar-refractivity contribution in [2.75, 3.05) is 6.61 Å². The average molecular weight is 272 g/mol. The molecule has 0 spiro atoms. The van der Waals surface area contributed by atoms with Gasteiger partial charge in [0.15, 0.2) is 0 Å². The van der Waals surface area contributed by atoms with Crippen LogP contribution in [-0.4, -0.2) is 24.5 Å². The maximum Gasteiger partial charge on any atom is 0.302 e. The molecule has 0 aliphatic carbocycles. The van der Waals surface area contributed by atoms with Crippen LogP contribution < -0.4 is 9.26 Å². The largest absolute Gasteiger partial charge is 0.464 e. The molecule has 0 unspecified atom stereocenters. The van der Waals surface area contributed by atoms with Gasteiger partial charge in [-0.05, 0) is 0 Å². The van der Waals surface area contributed by atoms with Crippen LogP contribution in [0.25, 0.3) is 0 Å². The van der Waals surface area contributed by atoms with Crippen molar-refractivity contribution < 1.29 is 14.3 Å². The molecule has 0 bridgehead atoms. The Bertz CT molecular complexity index is 162. The molecule has 0 aromatic carbocycles. The fourth-order valence-electron chi connectivity index (χ4n) is 0.353. The molecule has 0 aliphatic heterocycles. The van der Waals surface area contributed by atoms with E-state index in [-0.39, 0.29) is 12.5 Å². The Morgan fingerprint density at radius 2 is 2.27 bits per heavy atom. The van der Waals surface area contributed by atoms with Crippen LogP contribution >= 0.6 is 22.9 Å². The lowest BCUT2D eigenvalue weighted by molar-refractivity contribution is -0.142. The van der Waals surface area contributed by atoms with E-state index in [9.17, 15) is 9.59 Å². The molecule has 1 amide bonds. The second kappa shape index (κ2) is 5.30. The first kappa shape index (κ1) is 10.6. The Morgan fingerprint density at radius 3 is 2.64 bits per heavy atom. The number of ether oxygens (including phenoxy) is 1. The normalized spacial score (nSPS) is 11.9. The molecule has 5 nitrogen and oxygen atoms in total. The summed E-state index contributed by atoms with van der Waals surface area (Å²) >= 11 is 1.67. The van der Waals surface area contributed by atoms with Gasteiger partial charge in [0.1, 0.15) is 12.6 Å². The van der Waals surface area contributed by atoms with Gasteiger partial charge in [0, 0.05) is 6.92 Å². The molecule has 64 valence electrons. The lowest BCUT2D eigenvalue weighted by Crippen LogP contribution is -2.40. The summed E-state index contributed by atoms with van der Waals surface area (Å²) in [5.74, 6) is -0.798. The van der Waals surface area contributed by atoms with Crippen molar-refractivity contribution in [2.45, 2.75) is 13.0 Å². The topological polar surface area (TPSA) is 81.4 Å². The zero-order valence-electron chi connectivity index (χ0n) is 5.96. The molecule has 11 heavy (non-hydrogen) atoms. The van der Waals surface area contributed by atoms with Crippen LogP contribution in [0.1, 0.15) is 6.92 Å². The highest BCUT2D eigenvalue weighted by Gasteiger charge is 2.12. The third-order valence-corrected chi connectivity index (χ3v) is 1.43. The van der Waals surface area contributed by atoms with Crippen molar-refractivity contribution in [1.82, 2.24) is 3.53 Å². The minimum absolute atomic E-state index is 0.0792. The monoisotopic (exact) mass is 272 g/mol. The first-order valence-electron chi connectivity index (χ1n) is 2.87. The van der Waals surface area contributed by atoms with Crippen LogP contribution in [0.2, 0.25) is 0 Å². The number of halogens is 1. The number of carbonyl (C=O) groups is 2. The van der Waals surface area contributed by atoms with Crippen molar-refractivity contribution in [2.24, 2.45) is 5.73 Å². The second-order valence-electron chi connectivity index (χ2n) is 1.87. The van der Waals surface area contributed by atoms with E-state index in [1.165, 1.54) is 6.92 Å². The average Bonchev–Trinajstić information content (AvgIpc) is 1.98. The van der Waals surface area contributed by atoms with Gasteiger partial charge < -0.3 is 10.5 Å². The molecule has 0 heterocycles. The summed E-state index contributed by atoms with van der Waals surface area (Å²) in [6.07, 6.45) is 0. The molecule has 0 aliphatic rings. The van der Waals surface area contributed by atoms with Gasteiger partial charge in [0.2, 0.25) is 5.91 Å². The molecule has 0 saturated carbocycles. The maximum atomic E-state index is 10.7. The van der Waals surface area contributed by atoms with E-state index in [4.69, 9.17) is 5.73 Å². The number of nitrogens with one attached hydrogen (secondary N) is 1. The van der Waals surface area contributed by atoms with Gasteiger partial charge in [0.25, 0.3) is 0 Å². The molecule has 0 fully saturated rings. The van der Waals surface area contributed by atoms with E-state index < -0.39 is 12.0 Å². The Kier molecular flexibility index (Phi) is 5.12. The molecule has 1 atom stereocenters. The molecule has 6 heteroatoms. The number of rotatable bonds is 3. The highest BCUT2D eigenvalue weighted by Crippen LogP contribution is 1.85. The molecule has 0 aromatic rings. The van der Waals surface area contributed by atoms with Crippen LogP contribution in [0.4, 0.5) is 0 Å². The second-order valence-corrected chi connectivity index (χ2v) is 2.41. The molecule has 3 N–H and O–H groups in total. The Morgan fingerprint density at radius 1 is 1.73 bits per heavy atom. The smallest absolute Gasteiger partial charge is 0.302 e. The maximum absolute atomic E-state index is 10.7. The van der Waals surface area contributed by atoms with Gasteiger partial charge in [-0.25, -0.2) is 0 Å². The van der Waals surface area contributed by atoms with Gasteiger partial charge in [-0.15, -0.1) is 0 Å². The third kappa shape index (κ3) is 4.96. The summed E-state index contributed by atoms with van der Waals surface area (Å²) in [5.41, 5.74) is 5.28. The predicted octanol–water partition coefficient (Wildman–Crippen LogP) is -0.657. The Balaban J connectivity index is 3.60. The van der Waals surface area contributed by atoms with E-state index in [0.717, 1.165) is 0 Å². The number of amides is 1. The molecular weight excluding hydrogens is 263 g/mol. The quantitative estimate of drug-likeness (QED) is 0.406. The van der Waals surface area contributed by atoms with Gasteiger partial charge >= 0.3 is 5.97 Å². The van der Waals surface area contributed by atoms with Gasteiger partial charge in [-0.3, -0.25) is 13.1 Å². The summed E-state index contributed by atoms with van der Waals surface area (Å²) in [6.45, 7) is 1.18. The Hall–Kier alpha value is -0.370. The van der Waals surface area contributed by atoms with Crippen LogP contribution in [0.5, 0.6) is 0 Å². The molecule has 0 radical (unpaired) electrons. The summed E-state index contributed by atoms with van der Waals surface area (Å²) in [4.78, 5) is 20.9. The van der Waals surface area contributed by atoms with Crippen molar-refractivity contribution >= 4 is 34.7 Å². The number of nitrogens with two attached hydrogens (primary N) is 1. The van der Waals surface area contributed by atoms with Crippen LogP contribution in [0.15, 0.2) is 0 Å². The lowest BCUT2D eigenvalue weighted by Gasteiger charge is -2.07. The third-order valence-electron chi connectivity index (χ3n) is 0.896. The van der Waals surface area contributed by atoms with E-state index in [2.05, 4.69) is 8.27 Å². The van der Waals surface area contributed by atoms with E-state index in [0.29, 0.717) is 0 Å². The summed E-state index contributed by atoms with van der Waals surface area (Å²) in [6, 6.07) is -0.782. The SMILES string of the molecule is CC(=O)OC[C@H](N)C(=O)NI. The molecule has 0 saturated heterocycles. The van der Waals surface area contributed by atoms with Crippen molar-refractivity contribution in [3.8, 4) is 0 Å². The van der Waals surface area contributed by atoms with Gasteiger partial charge in [-0.1, -0.05) is 0 Å². The van der Waals surface area contributed by atoms with Crippen LogP contribution in [0, 0.1) is 0 Å². The van der Waals surface area contributed by atoms with Gasteiger partial charge in [-0.2, -0.15) is 0 Å². The first-order valence-corrected chi connectivity index (χ1v) is 3.95. The fraction of sp³-hybridized carbons (Fsp3) is 0.600. The molecule has 0 aromatic heterocycles. The number of carbonyl (C=O) groups excluding carboxylic acids is 2. The standard InChI is InChI=1S/C5H9IN2O3/c1-3(9)11-2-4(7)5(10)8-6/h4H,2,7H2,1H3,(H,8,10)/t4-/m0/s1. The minimum atomic E-state index is -0.782. The van der Waals surface area contributed by atoms with Crippen LogP contribution in [-0.2, 0) is 14.3 Å². The van der Waals surface area contributed by atoms with E-state index in [1.807, 2.05) is 0 Å². The minimum Gasteiger partial charge on any atom is -0.464 e. The Labute approximate surface area is 78.1 Å². The van der Waals surface area contributed by atoms with Crippen molar-refractivity contribution in [3.63, 3.8) is 0 Å². The zero-order chi connectivity index (χ0) is 8.85. The van der Waals surface area contributed by atoms with Gasteiger partial charge in [0.05, 0.1) is 22.9 Å². The van der Waals surface area contributed by atoms with Crippen molar-refractivity contribution in [3.05, 3.63) is 0 Å². The van der Waals surface area contributed by atoms with E-state index in [1.54, 1.807) is 22.9 Å². The van der Waals surface area contributed by atoms with E-state index >= 15 is 0 Å². The highest BCUT2D eigenvalue weighted by atomic mass is 127. The molecular formula is C5H9IN2O3. The lowest BCUT2D eigenvalue weighted by atomic mass is 10.3. The zero-order valence-corrected chi connectivity index (χ0v) is 8.12. The first-order chi connectivity index (χ1) is 5.07. The number of esters is 1. The molecule has 0 rings (SSSR count). The predicted molar refractivity (Wildman–Crippen MR) is 46.8 cm³/mol.